The first kappa shape index (κ1) is 24.1. The molecule has 1 aromatic carbocycles. The van der Waals surface area contributed by atoms with Gasteiger partial charge < -0.3 is 19.7 Å². The Hall–Kier alpha value is -3.07. The number of rotatable bonds is 5. The second-order valence-corrected chi connectivity index (χ2v) is 10.4. The Labute approximate surface area is 204 Å². The van der Waals surface area contributed by atoms with Crippen molar-refractivity contribution < 1.29 is 14.3 Å². The number of H-pyrrole nitrogens is 1. The maximum atomic E-state index is 12.0. The Kier molecular flexibility index (Phi) is 6.58. The third-order valence-electron chi connectivity index (χ3n) is 6.04. The van der Waals surface area contributed by atoms with Gasteiger partial charge in [-0.3, -0.25) is 5.10 Å². The number of carbonyl (C=O) groups is 1. The van der Waals surface area contributed by atoms with E-state index in [1.165, 1.54) is 0 Å². The summed E-state index contributed by atoms with van der Waals surface area (Å²) in [5.74, 6) is 1.38. The van der Waals surface area contributed by atoms with Crippen LogP contribution >= 0.6 is 11.6 Å². The van der Waals surface area contributed by atoms with Crippen molar-refractivity contribution >= 4 is 34.7 Å². The molecule has 34 heavy (non-hydrogen) atoms. The molecule has 1 amide bonds. The fourth-order valence-corrected chi connectivity index (χ4v) is 4.20. The van der Waals surface area contributed by atoms with E-state index in [1.54, 1.807) is 19.4 Å². The number of amides is 1. The lowest BCUT2D eigenvalue weighted by Crippen LogP contribution is -2.46. The number of anilines is 1. The Morgan fingerprint density at radius 1 is 1.29 bits per heavy atom. The number of ether oxygens (including phenoxy) is 2. The molecule has 0 spiro atoms. The molecule has 0 unspecified atom stereocenters. The third-order valence-corrected chi connectivity index (χ3v) is 6.36. The van der Waals surface area contributed by atoms with Crippen LogP contribution in [0.15, 0.2) is 24.4 Å². The van der Waals surface area contributed by atoms with Crippen molar-refractivity contribution in [1.82, 2.24) is 25.5 Å². The zero-order valence-corrected chi connectivity index (χ0v) is 21.0. The van der Waals surface area contributed by atoms with Gasteiger partial charge in [0.05, 0.1) is 24.0 Å². The quantitative estimate of drug-likeness (QED) is 0.532. The lowest BCUT2D eigenvalue weighted by molar-refractivity contribution is 0.0495. The molecular formula is C24H31ClN6O3. The average molecular weight is 487 g/mol. The van der Waals surface area contributed by atoms with E-state index < -0.39 is 5.60 Å². The van der Waals surface area contributed by atoms with Crippen LogP contribution in [-0.2, 0) is 4.74 Å². The summed E-state index contributed by atoms with van der Waals surface area (Å²) in [5.41, 5.74) is 2.38. The first-order valence-electron chi connectivity index (χ1n) is 11.3. The van der Waals surface area contributed by atoms with Gasteiger partial charge in [-0.15, -0.1) is 0 Å². The molecule has 0 saturated carbocycles. The number of alkyl carbamates (subject to hydrolysis) is 1. The number of fused-ring (bicyclic) bond motifs is 1. The van der Waals surface area contributed by atoms with Crippen molar-refractivity contribution in [3.63, 3.8) is 0 Å². The van der Waals surface area contributed by atoms with Crippen LogP contribution in [0.25, 0.3) is 22.4 Å². The van der Waals surface area contributed by atoms with E-state index in [0.717, 1.165) is 43.0 Å². The van der Waals surface area contributed by atoms with Crippen molar-refractivity contribution in [1.29, 1.82) is 0 Å². The highest BCUT2D eigenvalue weighted by Gasteiger charge is 2.32. The van der Waals surface area contributed by atoms with Crippen molar-refractivity contribution in [2.45, 2.75) is 46.1 Å². The summed E-state index contributed by atoms with van der Waals surface area (Å²) in [4.78, 5) is 23.6. The molecule has 0 atom stereocenters. The smallest absolute Gasteiger partial charge is 0.407 e. The zero-order valence-electron chi connectivity index (χ0n) is 20.2. The van der Waals surface area contributed by atoms with Gasteiger partial charge in [-0.2, -0.15) is 5.10 Å². The van der Waals surface area contributed by atoms with E-state index in [9.17, 15) is 4.79 Å². The van der Waals surface area contributed by atoms with Crippen molar-refractivity contribution in [3.8, 4) is 17.0 Å². The molecule has 182 valence electrons. The largest absolute Gasteiger partial charge is 0.495 e. The molecule has 1 aliphatic rings. The van der Waals surface area contributed by atoms with Crippen LogP contribution in [0.2, 0.25) is 5.02 Å². The molecule has 2 N–H and O–H groups in total. The first-order chi connectivity index (χ1) is 16.1. The highest BCUT2D eigenvalue weighted by Crippen LogP contribution is 2.34. The average Bonchev–Trinajstić information content (AvgIpc) is 3.21. The van der Waals surface area contributed by atoms with E-state index in [2.05, 4.69) is 32.3 Å². The van der Waals surface area contributed by atoms with Crippen LogP contribution in [0.5, 0.6) is 5.75 Å². The second kappa shape index (κ2) is 9.29. The van der Waals surface area contributed by atoms with Crippen LogP contribution < -0.4 is 15.0 Å². The number of nitrogens with one attached hydrogen (secondary N) is 2. The van der Waals surface area contributed by atoms with E-state index in [-0.39, 0.29) is 11.5 Å². The number of hydrogen-bond donors (Lipinski definition) is 2. The number of benzene rings is 1. The minimum absolute atomic E-state index is 0.00191. The normalized spacial score (nSPS) is 15.9. The van der Waals surface area contributed by atoms with Gasteiger partial charge in [-0.25, -0.2) is 14.8 Å². The van der Waals surface area contributed by atoms with Gasteiger partial charge in [0, 0.05) is 25.2 Å². The van der Waals surface area contributed by atoms with Gasteiger partial charge in [-0.05, 0) is 51.2 Å². The summed E-state index contributed by atoms with van der Waals surface area (Å²) in [6.45, 7) is 9.99. The number of piperidine rings is 1. The van der Waals surface area contributed by atoms with E-state index in [4.69, 9.17) is 26.1 Å². The number of nitrogens with zero attached hydrogens (tertiary/aromatic N) is 4. The summed E-state index contributed by atoms with van der Waals surface area (Å²) in [5, 5.41) is 10.9. The maximum Gasteiger partial charge on any atom is 0.407 e. The molecule has 4 rings (SSSR count). The van der Waals surface area contributed by atoms with Gasteiger partial charge in [0.15, 0.2) is 0 Å². The highest BCUT2D eigenvalue weighted by molar-refractivity contribution is 6.32. The van der Waals surface area contributed by atoms with Gasteiger partial charge in [0.2, 0.25) is 5.65 Å². The molecule has 10 heteroatoms. The molecule has 1 saturated heterocycles. The lowest BCUT2D eigenvalue weighted by Gasteiger charge is -2.39. The van der Waals surface area contributed by atoms with Crippen molar-refractivity contribution in [2.75, 3.05) is 31.6 Å². The Balaban J connectivity index is 1.42. The molecule has 0 radical (unpaired) electrons. The summed E-state index contributed by atoms with van der Waals surface area (Å²) < 4.78 is 10.7. The molecular weight excluding hydrogens is 456 g/mol. The number of halogens is 1. The van der Waals surface area contributed by atoms with Crippen LogP contribution in [0, 0.1) is 5.41 Å². The monoisotopic (exact) mass is 486 g/mol. The molecule has 0 aliphatic carbocycles. The number of hydrogen-bond acceptors (Lipinski definition) is 7. The Morgan fingerprint density at radius 3 is 2.71 bits per heavy atom. The summed E-state index contributed by atoms with van der Waals surface area (Å²) in [7, 11) is 1.58. The van der Waals surface area contributed by atoms with Gasteiger partial charge >= 0.3 is 6.09 Å². The number of carbonyl (C=O) groups excluding carboxylic acids is 1. The number of aromatic nitrogens is 4. The van der Waals surface area contributed by atoms with Crippen LogP contribution in [0.1, 0.15) is 40.5 Å². The Morgan fingerprint density at radius 2 is 2.03 bits per heavy atom. The fourth-order valence-electron chi connectivity index (χ4n) is 4.01. The van der Waals surface area contributed by atoms with Crippen LogP contribution in [0.4, 0.5) is 10.6 Å². The summed E-state index contributed by atoms with van der Waals surface area (Å²) in [6, 6.07) is 5.53. The summed E-state index contributed by atoms with van der Waals surface area (Å²) in [6.07, 6.45) is 3.24. The molecule has 9 nitrogen and oxygen atoms in total. The molecule has 2 aromatic heterocycles. The molecule has 3 aromatic rings. The Bertz CT molecular complexity index is 1180. The van der Waals surface area contributed by atoms with Crippen LogP contribution in [0.3, 0.4) is 0 Å². The predicted octanol–water partition coefficient (Wildman–Crippen LogP) is 4.81. The minimum atomic E-state index is -0.503. The lowest BCUT2D eigenvalue weighted by atomic mass is 9.80. The van der Waals surface area contributed by atoms with Crippen LogP contribution in [-0.4, -0.2) is 58.6 Å². The van der Waals surface area contributed by atoms with E-state index in [1.807, 2.05) is 32.9 Å². The van der Waals surface area contributed by atoms with Gasteiger partial charge in [0.1, 0.15) is 22.7 Å². The maximum absolute atomic E-state index is 12.0. The van der Waals surface area contributed by atoms with Crippen molar-refractivity contribution in [2.24, 2.45) is 5.41 Å². The predicted molar refractivity (Wildman–Crippen MR) is 132 cm³/mol. The van der Waals surface area contributed by atoms with Gasteiger partial charge in [-0.1, -0.05) is 24.6 Å². The van der Waals surface area contributed by atoms with E-state index >= 15 is 0 Å². The second-order valence-electron chi connectivity index (χ2n) is 10.0. The first-order valence-corrected chi connectivity index (χ1v) is 11.7. The summed E-state index contributed by atoms with van der Waals surface area (Å²) >= 11 is 6.15. The highest BCUT2D eigenvalue weighted by atomic mass is 35.5. The van der Waals surface area contributed by atoms with Crippen molar-refractivity contribution in [3.05, 3.63) is 29.4 Å². The van der Waals surface area contributed by atoms with E-state index in [0.29, 0.717) is 28.5 Å². The standard InChI is InChI=1S/C24H31ClN6O3/c1-23(2,3)34-22(32)27-14-24(4)8-10-31(11-9-24)18-13-26-20-19(29-30-21(20)28-18)15-6-7-16(25)17(12-15)33-5/h6-7,12-13H,8-11,14H2,1-5H3,(H,27,32)(H,28,29,30). The number of aromatic amines is 1. The third kappa shape index (κ3) is 5.35. The SMILES string of the molecule is COc1cc(-c2[nH]nc3nc(N4CCC(C)(CNC(=O)OC(C)(C)C)CC4)cnc23)ccc1Cl. The number of methoxy groups -OCH3 is 1. The topological polar surface area (TPSA) is 105 Å². The molecule has 0 bridgehead atoms. The molecule has 1 fully saturated rings. The minimum Gasteiger partial charge on any atom is -0.495 e. The van der Waals surface area contributed by atoms with Gasteiger partial charge in [0.25, 0.3) is 0 Å². The zero-order chi connectivity index (χ0) is 24.5. The molecule has 1 aliphatic heterocycles. The fraction of sp³-hybridized carbons (Fsp3) is 0.500. The molecule has 3 heterocycles.